The molecule has 4 rings (SSSR count). The number of benzene rings is 1. The molecule has 1 aromatic carbocycles. The van der Waals surface area contributed by atoms with Crippen LogP contribution < -0.4 is 5.56 Å². The van der Waals surface area contributed by atoms with Gasteiger partial charge in [0.05, 0.1) is 16.8 Å². The van der Waals surface area contributed by atoms with Crippen LogP contribution in [0, 0.1) is 0 Å². The van der Waals surface area contributed by atoms with Crippen molar-refractivity contribution in [2.45, 2.75) is 11.7 Å². The van der Waals surface area contributed by atoms with Gasteiger partial charge in [0.1, 0.15) is 4.83 Å². The summed E-state index contributed by atoms with van der Waals surface area (Å²) in [6.07, 6.45) is 3.38. The SMILES string of the molecule is C=CCn1c(SCC(=O)c2ccc[nH]2)nc2sc(-c3ccccc3)cc2c1=O. The minimum absolute atomic E-state index is 0.0364. The van der Waals surface area contributed by atoms with Crippen LogP contribution in [0.5, 0.6) is 0 Å². The van der Waals surface area contributed by atoms with Gasteiger partial charge in [0.15, 0.2) is 10.9 Å². The number of H-pyrrole nitrogens is 1. The van der Waals surface area contributed by atoms with Gasteiger partial charge in [-0.15, -0.1) is 17.9 Å². The van der Waals surface area contributed by atoms with Gasteiger partial charge in [-0.2, -0.15) is 0 Å². The first-order valence-corrected chi connectivity index (χ1v) is 10.5. The van der Waals surface area contributed by atoms with Gasteiger partial charge in [-0.05, 0) is 23.8 Å². The summed E-state index contributed by atoms with van der Waals surface area (Å²) in [5, 5.41) is 1.12. The Hall–Kier alpha value is -2.90. The molecule has 0 unspecified atom stereocenters. The lowest BCUT2D eigenvalue weighted by Crippen LogP contribution is -2.22. The van der Waals surface area contributed by atoms with E-state index in [4.69, 9.17) is 0 Å². The lowest BCUT2D eigenvalue weighted by molar-refractivity contribution is 0.101. The van der Waals surface area contributed by atoms with E-state index in [2.05, 4.69) is 16.5 Å². The average molecular weight is 408 g/mol. The molecule has 3 aromatic heterocycles. The molecule has 0 bridgehead atoms. The maximum atomic E-state index is 13.0. The molecule has 28 heavy (non-hydrogen) atoms. The molecule has 0 saturated heterocycles. The Labute approximate surface area is 169 Å². The molecule has 140 valence electrons. The Kier molecular flexibility index (Phi) is 5.27. The number of thiophene rings is 1. The molecule has 0 aliphatic carbocycles. The molecule has 0 saturated carbocycles. The summed E-state index contributed by atoms with van der Waals surface area (Å²) < 4.78 is 1.57. The van der Waals surface area contributed by atoms with Crippen LogP contribution in [-0.2, 0) is 6.54 Å². The number of ketones is 1. The Morgan fingerprint density at radius 3 is 2.79 bits per heavy atom. The van der Waals surface area contributed by atoms with Crippen molar-refractivity contribution in [2.24, 2.45) is 0 Å². The lowest BCUT2D eigenvalue weighted by Gasteiger charge is -2.09. The van der Waals surface area contributed by atoms with E-state index in [1.165, 1.54) is 23.1 Å². The van der Waals surface area contributed by atoms with Crippen molar-refractivity contribution < 1.29 is 4.79 Å². The molecule has 3 heterocycles. The van der Waals surface area contributed by atoms with Crippen molar-refractivity contribution in [1.82, 2.24) is 14.5 Å². The highest BCUT2D eigenvalue weighted by Crippen LogP contribution is 2.32. The standard InChI is InChI=1S/C21H17N3O2S2/c1-2-11-24-20(26)15-12-18(14-7-4-3-5-8-14)28-19(15)23-21(24)27-13-17(25)16-9-6-10-22-16/h2-10,12,22H,1,11,13H2. The smallest absolute Gasteiger partial charge is 0.263 e. The Morgan fingerprint density at radius 2 is 2.07 bits per heavy atom. The average Bonchev–Trinajstić information content (AvgIpc) is 3.39. The lowest BCUT2D eigenvalue weighted by atomic mass is 10.2. The fourth-order valence-electron chi connectivity index (χ4n) is 2.85. The Morgan fingerprint density at radius 1 is 1.25 bits per heavy atom. The zero-order chi connectivity index (χ0) is 19.5. The third kappa shape index (κ3) is 3.58. The number of aromatic nitrogens is 3. The molecule has 4 aromatic rings. The minimum Gasteiger partial charge on any atom is -0.359 e. The number of aromatic amines is 1. The topological polar surface area (TPSA) is 67.8 Å². The van der Waals surface area contributed by atoms with Crippen LogP contribution in [-0.4, -0.2) is 26.1 Å². The number of allylic oxidation sites excluding steroid dienone is 1. The largest absolute Gasteiger partial charge is 0.359 e. The van der Waals surface area contributed by atoms with Crippen LogP contribution in [0.15, 0.2) is 77.3 Å². The number of nitrogens with one attached hydrogen (secondary N) is 1. The van der Waals surface area contributed by atoms with Crippen LogP contribution in [0.25, 0.3) is 20.7 Å². The molecule has 0 radical (unpaired) electrons. The second-order valence-corrected chi connectivity index (χ2v) is 8.06. The van der Waals surface area contributed by atoms with Gasteiger partial charge in [0.25, 0.3) is 5.56 Å². The minimum atomic E-state index is -0.113. The molecule has 5 nitrogen and oxygen atoms in total. The molecule has 1 N–H and O–H groups in total. The highest BCUT2D eigenvalue weighted by Gasteiger charge is 2.16. The normalized spacial score (nSPS) is 11.0. The third-order valence-electron chi connectivity index (χ3n) is 4.22. The predicted octanol–water partition coefficient (Wildman–Crippen LogP) is 4.61. The van der Waals surface area contributed by atoms with E-state index in [0.29, 0.717) is 27.6 Å². The molecule has 0 aliphatic heterocycles. The number of fused-ring (bicyclic) bond motifs is 1. The molecular weight excluding hydrogens is 390 g/mol. The summed E-state index contributed by atoms with van der Waals surface area (Å²) >= 11 is 2.75. The zero-order valence-electron chi connectivity index (χ0n) is 14.9. The van der Waals surface area contributed by atoms with E-state index in [1.807, 2.05) is 36.4 Å². The fraction of sp³-hybridized carbons (Fsp3) is 0.0952. The number of thioether (sulfide) groups is 1. The number of carbonyl (C=O) groups excluding carboxylic acids is 1. The highest BCUT2D eigenvalue weighted by molar-refractivity contribution is 7.99. The summed E-state index contributed by atoms with van der Waals surface area (Å²) in [5.74, 6) is 0.164. The van der Waals surface area contributed by atoms with Crippen LogP contribution in [0.2, 0.25) is 0 Å². The van der Waals surface area contributed by atoms with Crippen molar-refractivity contribution in [3.05, 3.63) is 83.4 Å². The number of hydrogen-bond donors (Lipinski definition) is 1. The van der Waals surface area contributed by atoms with E-state index in [1.54, 1.807) is 29.0 Å². The van der Waals surface area contributed by atoms with Gasteiger partial charge in [0.2, 0.25) is 0 Å². The maximum absolute atomic E-state index is 13.0. The van der Waals surface area contributed by atoms with Gasteiger partial charge >= 0.3 is 0 Å². The van der Waals surface area contributed by atoms with Crippen molar-refractivity contribution in [3.63, 3.8) is 0 Å². The van der Waals surface area contributed by atoms with E-state index in [-0.39, 0.29) is 17.1 Å². The van der Waals surface area contributed by atoms with Crippen LogP contribution in [0.4, 0.5) is 0 Å². The molecular formula is C21H17N3O2S2. The van der Waals surface area contributed by atoms with Gasteiger partial charge in [0, 0.05) is 17.6 Å². The monoisotopic (exact) mass is 407 g/mol. The molecule has 0 atom stereocenters. The van der Waals surface area contributed by atoms with E-state index in [9.17, 15) is 9.59 Å². The summed E-state index contributed by atoms with van der Waals surface area (Å²) in [4.78, 5) is 34.6. The maximum Gasteiger partial charge on any atom is 0.263 e. The predicted molar refractivity (Wildman–Crippen MR) is 115 cm³/mol. The van der Waals surface area contributed by atoms with Gasteiger partial charge in [-0.25, -0.2) is 4.98 Å². The number of Topliss-reactive ketones (excluding diaryl/α,β-unsaturated/α-hetero) is 1. The quantitative estimate of drug-likeness (QED) is 0.210. The second kappa shape index (κ2) is 8.00. The molecule has 0 amide bonds. The van der Waals surface area contributed by atoms with Crippen molar-refractivity contribution in [2.75, 3.05) is 5.75 Å². The van der Waals surface area contributed by atoms with E-state index >= 15 is 0 Å². The van der Waals surface area contributed by atoms with Crippen LogP contribution in [0.3, 0.4) is 0 Å². The summed E-state index contributed by atoms with van der Waals surface area (Å²) in [5.41, 5.74) is 1.49. The molecule has 0 aliphatic rings. The van der Waals surface area contributed by atoms with Crippen molar-refractivity contribution >= 4 is 39.1 Å². The summed E-state index contributed by atoms with van der Waals surface area (Å²) in [7, 11) is 0. The first-order valence-electron chi connectivity index (χ1n) is 8.67. The first-order chi connectivity index (χ1) is 13.7. The zero-order valence-corrected chi connectivity index (χ0v) is 16.6. The van der Waals surface area contributed by atoms with Gasteiger partial charge in [-0.1, -0.05) is 48.2 Å². The van der Waals surface area contributed by atoms with E-state index < -0.39 is 0 Å². The Balaban J connectivity index is 1.72. The van der Waals surface area contributed by atoms with Crippen molar-refractivity contribution in [3.8, 4) is 10.4 Å². The first kappa shape index (κ1) is 18.5. The summed E-state index contributed by atoms with van der Waals surface area (Å²) in [6.45, 7) is 4.09. The second-order valence-electron chi connectivity index (χ2n) is 6.09. The molecule has 0 fully saturated rings. The Bertz CT molecular complexity index is 1190. The summed E-state index contributed by atoms with van der Waals surface area (Å²) in [6, 6.07) is 15.3. The number of carbonyl (C=O) groups is 1. The van der Waals surface area contributed by atoms with E-state index in [0.717, 1.165) is 10.4 Å². The fourth-order valence-corrected chi connectivity index (χ4v) is 4.82. The number of nitrogens with zero attached hydrogens (tertiary/aromatic N) is 2. The van der Waals surface area contributed by atoms with Gasteiger partial charge in [-0.3, -0.25) is 14.2 Å². The number of hydrogen-bond acceptors (Lipinski definition) is 5. The molecule has 0 spiro atoms. The highest BCUT2D eigenvalue weighted by atomic mass is 32.2. The molecule has 7 heteroatoms. The third-order valence-corrected chi connectivity index (χ3v) is 6.27. The van der Waals surface area contributed by atoms with Gasteiger partial charge < -0.3 is 4.98 Å². The van der Waals surface area contributed by atoms with Crippen LogP contribution in [0.1, 0.15) is 10.5 Å². The number of rotatable bonds is 7. The van der Waals surface area contributed by atoms with Crippen molar-refractivity contribution in [1.29, 1.82) is 0 Å². The van der Waals surface area contributed by atoms with Crippen LogP contribution >= 0.6 is 23.1 Å².